The molecule has 0 radical (unpaired) electrons. The summed E-state index contributed by atoms with van der Waals surface area (Å²) in [4.78, 5) is 13.8. The molecule has 0 amide bonds. The molecule has 1 unspecified atom stereocenters. The van der Waals surface area contributed by atoms with Crippen molar-refractivity contribution < 1.29 is 22.6 Å². The van der Waals surface area contributed by atoms with E-state index < -0.39 is 23.8 Å². The molecule has 4 aliphatic rings. The number of rotatable bonds is 5. The van der Waals surface area contributed by atoms with Crippen molar-refractivity contribution in [3.8, 4) is 17.1 Å². The smallest absolute Gasteiger partial charge is 0.266 e. The molecule has 4 heterocycles. The number of hydrogen-bond acceptors (Lipinski definition) is 6. The summed E-state index contributed by atoms with van der Waals surface area (Å²) in [5.74, 6) is 1.80. The molecule has 4 aliphatic heterocycles. The Hall–Kier alpha value is -3.14. The van der Waals surface area contributed by atoms with Crippen LogP contribution in [0.15, 0.2) is 29.3 Å². The molecule has 0 aliphatic carbocycles. The zero-order valence-corrected chi connectivity index (χ0v) is 19.0. The molecule has 1 atom stereocenters. The summed E-state index contributed by atoms with van der Waals surface area (Å²) < 4.78 is 55.0. The van der Waals surface area contributed by atoms with Crippen molar-refractivity contribution in [1.82, 2.24) is 14.5 Å². The number of halogens is 3. The van der Waals surface area contributed by atoms with E-state index in [1.54, 1.807) is 13.8 Å². The van der Waals surface area contributed by atoms with Crippen molar-refractivity contribution in [2.24, 2.45) is 4.99 Å². The van der Waals surface area contributed by atoms with Crippen LogP contribution in [0.25, 0.3) is 11.4 Å². The van der Waals surface area contributed by atoms with Crippen LogP contribution < -0.4 is 15.5 Å². The fourth-order valence-corrected chi connectivity index (χ4v) is 4.49. The van der Waals surface area contributed by atoms with E-state index in [0.717, 1.165) is 31.3 Å². The molecule has 1 N–H and O–H groups in total. The van der Waals surface area contributed by atoms with Crippen molar-refractivity contribution in [3.05, 3.63) is 52.5 Å². The van der Waals surface area contributed by atoms with Gasteiger partial charge in [-0.15, -0.1) is 0 Å². The van der Waals surface area contributed by atoms with E-state index in [-0.39, 0.29) is 11.7 Å². The molecule has 180 valence electrons. The van der Waals surface area contributed by atoms with Crippen LogP contribution in [0.2, 0.25) is 0 Å². The first kappa shape index (κ1) is 22.6. The SMILES string of the molecule is Cc1nc2n3c(c(OC4CCOCC4)cc-2c(=NC(C)c2cccc(C(F)F)c2F)n1)NCC3. The van der Waals surface area contributed by atoms with Crippen LogP contribution in [0.1, 0.15) is 49.2 Å². The molecule has 1 saturated heterocycles. The molecular formula is C24H26F3N5O2. The second-order valence-electron chi connectivity index (χ2n) is 8.55. The lowest BCUT2D eigenvalue weighted by atomic mass is 10.0. The molecular weight excluding hydrogens is 447 g/mol. The molecule has 7 nitrogen and oxygen atoms in total. The molecule has 1 fully saturated rings. The van der Waals surface area contributed by atoms with Crippen molar-refractivity contribution in [2.75, 3.05) is 25.1 Å². The fraction of sp³-hybridized carbons (Fsp3) is 0.458. The minimum atomic E-state index is -2.90. The Morgan fingerprint density at radius 1 is 1.21 bits per heavy atom. The van der Waals surface area contributed by atoms with Crippen molar-refractivity contribution >= 4 is 5.82 Å². The van der Waals surface area contributed by atoms with Gasteiger partial charge in [0.1, 0.15) is 23.6 Å². The maximum atomic E-state index is 14.8. The van der Waals surface area contributed by atoms with Crippen molar-refractivity contribution in [2.45, 2.75) is 51.8 Å². The largest absolute Gasteiger partial charge is 0.486 e. The minimum Gasteiger partial charge on any atom is -0.486 e. The topological polar surface area (TPSA) is 73.6 Å². The third-order valence-corrected chi connectivity index (χ3v) is 6.20. The Bertz CT molecular complexity index is 1240. The number of nitrogens with zero attached hydrogens (tertiary/aromatic N) is 4. The molecule has 1 aromatic rings. The molecule has 5 rings (SSSR count). The van der Waals surface area contributed by atoms with Gasteiger partial charge in [0.25, 0.3) is 6.43 Å². The van der Waals surface area contributed by atoms with Gasteiger partial charge in [-0.1, -0.05) is 18.2 Å². The lowest BCUT2D eigenvalue weighted by Gasteiger charge is -2.25. The summed E-state index contributed by atoms with van der Waals surface area (Å²) in [6, 6.07) is 5.12. The summed E-state index contributed by atoms with van der Waals surface area (Å²) in [7, 11) is 0. The first-order valence-electron chi connectivity index (χ1n) is 11.4. The molecule has 0 saturated carbocycles. The van der Waals surface area contributed by atoms with E-state index in [1.165, 1.54) is 12.1 Å². The first-order chi connectivity index (χ1) is 16.4. The van der Waals surface area contributed by atoms with E-state index in [4.69, 9.17) is 9.47 Å². The molecule has 0 spiro atoms. The summed E-state index contributed by atoms with van der Waals surface area (Å²) in [5.41, 5.74) is 0.500. The van der Waals surface area contributed by atoms with Crippen LogP contribution in [-0.2, 0) is 11.3 Å². The van der Waals surface area contributed by atoms with E-state index in [9.17, 15) is 13.2 Å². The molecule has 10 heteroatoms. The number of pyridine rings is 1. The predicted octanol–water partition coefficient (Wildman–Crippen LogP) is 4.41. The van der Waals surface area contributed by atoms with Crippen LogP contribution in [0.5, 0.6) is 5.75 Å². The van der Waals surface area contributed by atoms with E-state index in [0.29, 0.717) is 48.2 Å². The van der Waals surface area contributed by atoms with E-state index >= 15 is 0 Å². The Labute approximate surface area is 195 Å². The normalized spacial score (nSPS) is 17.8. The second-order valence-corrected chi connectivity index (χ2v) is 8.55. The van der Waals surface area contributed by atoms with Gasteiger partial charge < -0.3 is 19.4 Å². The van der Waals surface area contributed by atoms with Gasteiger partial charge >= 0.3 is 0 Å². The van der Waals surface area contributed by atoms with Gasteiger partial charge in [-0.25, -0.2) is 23.1 Å². The van der Waals surface area contributed by atoms with Gasteiger partial charge in [-0.05, 0) is 19.9 Å². The van der Waals surface area contributed by atoms with Crippen LogP contribution >= 0.6 is 0 Å². The number of aryl methyl sites for hydroxylation is 1. The van der Waals surface area contributed by atoms with Gasteiger partial charge in [0.15, 0.2) is 17.1 Å². The number of ether oxygens (including phenoxy) is 2. The highest BCUT2D eigenvalue weighted by Gasteiger charge is 2.27. The maximum absolute atomic E-state index is 14.8. The lowest BCUT2D eigenvalue weighted by molar-refractivity contribution is 0.0257. The van der Waals surface area contributed by atoms with Crippen molar-refractivity contribution in [3.63, 3.8) is 0 Å². The highest BCUT2D eigenvalue weighted by Crippen LogP contribution is 2.36. The first-order valence-corrected chi connectivity index (χ1v) is 11.4. The molecule has 0 aromatic heterocycles. The monoisotopic (exact) mass is 473 g/mol. The van der Waals surface area contributed by atoms with Gasteiger partial charge in [0.2, 0.25) is 0 Å². The molecule has 1 aromatic carbocycles. The van der Waals surface area contributed by atoms with Crippen molar-refractivity contribution in [1.29, 1.82) is 0 Å². The van der Waals surface area contributed by atoms with Crippen LogP contribution in [-0.4, -0.2) is 40.4 Å². The number of nitrogens with one attached hydrogen (secondary N) is 1. The number of alkyl halides is 2. The number of hydrogen-bond donors (Lipinski definition) is 1. The number of fused-ring (bicyclic) bond motifs is 3. The maximum Gasteiger partial charge on any atom is 0.266 e. The zero-order chi connectivity index (χ0) is 23.8. The second kappa shape index (κ2) is 9.25. The van der Waals surface area contributed by atoms with Gasteiger partial charge in [-0.3, -0.25) is 4.99 Å². The zero-order valence-electron chi connectivity index (χ0n) is 19.0. The van der Waals surface area contributed by atoms with Gasteiger partial charge in [0.05, 0.1) is 30.4 Å². The average molecular weight is 473 g/mol. The third kappa shape index (κ3) is 4.22. The summed E-state index contributed by atoms with van der Waals surface area (Å²) in [5, 5.41) is 3.38. The third-order valence-electron chi connectivity index (χ3n) is 6.20. The quantitative estimate of drug-likeness (QED) is 0.594. The summed E-state index contributed by atoms with van der Waals surface area (Å²) >= 11 is 0. The number of benzene rings is 1. The molecule has 34 heavy (non-hydrogen) atoms. The van der Waals surface area contributed by atoms with Crippen LogP contribution in [0, 0.1) is 12.7 Å². The summed E-state index contributed by atoms with van der Waals surface area (Å²) in [6.45, 7) is 6.19. The Balaban J connectivity index is 1.62. The minimum absolute atomic E-state index is 0.0372. The standard InChI is InChI=1S/C24H26F3N5O2/c1-13(16-4-3-5-17(20(16)25)21(26)27)29-22-18-12-19(34-15-6-10-33-11-7-15)24-28-8-9-32(24)23(18)31-14(2)30-22/h3-5,12-13,15,21,28H,6-11H2,1-2H3. The predicted molar refractivity (Wildman–Crippen MR) is 120 cm³/mol. The van der Waals surface area contributed by atoms with Crippen LogP contribution in [0.3, 0.4) is 0 Å². The van der Waals surface area contributed by atoms with Crippen LogP contribution in [0.4, 0.5) is 19.0 Å². The Morgan fingerprint density at radius 2 is 1.97 bits per heavy atom. The molecule has 0 bridgehead atoms. The number of anilines is 1. The number of aromatic nitrogens is 3. The van der Waals surface area contributed by atoms with Gasteiger partial charge in [0, 0.05) is 31.5 Å². The Morgan fingerprint density at radius 3 is 2.74 bits per heavy atom. The van der Waals surface area contributed by atoms with E-state index in [2.05, 4.69) is 20.3 Å². The van der Waals surface area contributed by atoms with E-state index in [1.807, 2.05) is 10.6 Å². The average Bonchev–Trinajstić information content (AvgIpc) is 3.31. The Kier molecular flexibility index (Phi) is 6.16. The highest BCUT2D eigenvalue weighted by molar-refractivity contribution is 5.68. The lowest BCUT2D eigenvalue weighted by Crippen LogP contribution is -2.27. The summed E-state index contributed by atoms with van der Waals surface area (Å²) in [6.07, 6.45) is -1.26. The fourth-order valence-electron chi connectivity index (χ4n) is 4.49. The highest BCUT2D eigenvalue weighted by atomic mass is 19.3. The van der Waals surface area contributed by atoms with Gasteiger partial charge in [-0.2, -0.15) is 0 Å².